The highest BCUT2D eigenvalue weighted by Gasteiger charge is 2.14. The molecule has 0 aromatic carbocycles. The smallest absolute Gasteiger partial charge is 0.105 e. The van der Waals surface area contributed by atoms with Gasteiger partial charge in [-0.1, -0.05) is 5.92 Å². The number of nitrogens with zero attached hydrogens (tertiary/aromatic N) is 1. The van der Waals surface area contributed by atoms with Crippen molar-refractivity contribution in [1.29, 1.82) is 0 Å². The highest BCUT2D eigenvalue weighted by atomic mass is 35.5. The molecule has 0 unspecified atom stereocenters. The first kappa shape index (κ1) is 11.2. The molecule has 1 aromatic heterocycles. The summed E-state index contributed by atoms with van der Waals surface area (Å²) in [6, 6.07) is 4.06. The zero-order chi connectivity index (χ0) is 10.4. The fourth-order valence-corrected chi connectivity index (χ4v) is 1.61. The van der Waals surface area contributed by atoms with Gasteiger partial charge in [-0.25, -0.2) is 0 Å². The van der Waals surface area contributed by atoms with Crippen LogP contribution in [0.4, 0.5) is 0 Å². The van der Waals surface area contributed by atoms with Gasteiger partial charge in [-0.2, -0.15) is 0 Å². The molecule has 76 valence electrons. The van der Waals surface area contributed by atoms with Gasteiger partial charge in [0.1, 0.15) is 5.76 Å². The minimum absolute atomic E-state index is 0.235. The third-order valence-corrected chi connectivity index (χ3v) is 2.52. The number of terminal acetylenes is 1. The molecule has 0 bridgehead atoms. The van der Waals surface area contributed by atoms with E-state index in [4.69, 9.17) is 22.4 Å². The SMILES string of the molecule is C#CCN(C)[C@H](CCl)Cc1ccco1. The van der Waals surface area contributed by atoms with Crippen LogP contribution in [-0.2, 0) is 6.42 Å². The maximum absolute atomic E-state index is 5.86. The molecule has 1 rings (SSSR count). The number of likely N-dealkylation sites (N-methyl/N-ethyl adjacent to an activating group) is 1. The van der Waals surface area contributed by atoms with Crippen LogP contribution >= 0.6 is 11.6 Å². The van der Waals surface area contributed by atoms with Crippen LogP contribution in [0.25, 0.3) is 0 Å². The molecule has 0 saturated carbocycles. The van der Waals surface area contributed by atoms with Gasteiger partial charge >= 0.3 is 0 Å². The average molecular weight is 212 g/mol. The van der Waals surface area contributed by atoms with Gasteiger partial charge in [0, 0.05) is 18.3 Å². The molecular formula is C11H14ClNO. The predicted molar refractivity (Wildman–Crippen MR) is 58.4 cm³/mol. The summed E-state index contributed by atoms with van der Waals surface area (Å²) in [5.41, 5.74) is 0. The van der Waals surface area contributed by atoms with Crippen LogP contribution in [0.1, 0.15) is 5.76 Å². The van der Waals surface area contributed by atoms with Crippen molar-refractivity contribution in [3.8, 4) is 12.3 Å². The van der Waals surface area contributed by atoms with Crippen LogP contribution in [-0.4, -0.2) is 30.4 Å². The highest BCUT2D eigenvalue weighted by molar-refractivity contribution is 6.18. The zero-order valence-corrected chi connectivity index (χ0v) is 9.00. The Balaban J connectivity index is 2.51. The van der Waals surface area contributed by atoms with E-state index in [-0.39, 0.29) is 6.04 Å². The molecule has 0 saturated heterocycles. The van der Waals surface area contributed by atoms with Gasteiger partial charge in [-0.3, -0.25) is 4.90 Å². The second-order valence-corrected chi connectivity index (χ2v) is 3.52. The van der Waals surface area contributed by atoms with Crippen molar-refractivity contribution in [3.63, 3.8) is 0 Å². The van der Waals surface area contributed by atoms with Crippen LogP contribution in [0.3, 0.4) is 0 Å². The summed E-state index contributed by atoms with van der Waals surface area (Å²) in [5, 5.41) is 0. The van der Waals surface area contributed by atoms with Gasteiger partial charge in [-0.05, 0) is 19.2 Å². The fraction of sp³-hybridized carbons (Fsp3) is 0.455. The van der Waals surface area contributed by atoms with E-state index in [0.717, 1.165) is 12.2 Å². The second kappa shape index (κ2) is 5.74. The summed E-state index contributed by atoms with van der Waals surface area (Å²) in [4.78, 5) is 2.05. The molecule has 1 heterocycles. The van der Waals surface area contributed by atoms with Crippen LogP contribution in [0, 0.1) is 12.3 Å². The van der Waals surface area contributed by atoms with Crippen molar-refractivity contribution in [2.45, 2.75) is 12.5 Å². The summed E-state index contributed by atoms with van der Waals surface area (Å²) in [6.07, 6.45) is 7.71. The molecule has 0 amide bonds. The number of furan rings is 1. The van der Waals surface area contributed by atoms with E-state index in [1.807, 2.05) is 19.2 Å². The van der Waals surface area contributed by atoms with Crippen molar-refractivity contribution in [3.05, 3.63) is 24.2 Å². The molecule has 0 radical (unpaired) electrons. The van der Waals surface area contributed by atoms with Crippen molar-refractivity contribution >= 4 is 11.6 Å². The lowest BCUT2D eigenvalue weighted by atomic mass is 10.2. The van der Waals surface area contributed by atoms with Gasteiger partial charge in [-0.15, -0.1) is 18.0 Å². The van der Waals surface area contributed by atoms with E-state index in [1.165, 1.54) is 0 Å². The monoisotopic (exact) mass is 211 g/mol. The maximum atomic E-state index is 5.86. The van der Waals surface area contributed by atoms with Gasteiger partial charge in [0.15, 0.2) is 0 Å². The highest BCUT2D eigenvalue weighted by Crippen LogP contribution is 2.09. The normalized spacial score (nSPS) is 12.7. The average Bonchev–Trinajstić information content (AvgIpc) is 2.66. The maximum Gasteiger partial charge on any atom is 0.105 e. The number of hydrogen-bond donors (Lipinski definition) is 0. The van der Waals surface area contributed by atoms with Crippen molar-refractivity contribution < 1.29 is 4.42 Å². The zero-order valence-electron chi connectivity index (χ0n) is 8.24. The lowest BCUT2D eigenvalue weighted by molar-refractivity contribution is 0.278. The Morgan fingerprint density at radius 3 is 3.00 bits per heavy atom. The van der Waals surface area contributed by atoms with Crippen molar-refractivity contribution in [2.24, 2.45) is 0 Å². The summed E-state index contributed by atoms with van der Waals surface area (Å²) in [5.74, 6) is 4.10. The van der Waals surface area contributed by atoms with E-state index in [9.17, 15) is 0 Å². The second-order valence-electron chi connectivity index (χ2n) is 3.21. The molecule has 0 N–H and O–H groups in total. The standard InChI is InChI=1S/C11H14ClNO/c1-3-6-13(2)10(9-12)8-11-5-4-7-14-11/h1,4-5,7,10H,6,8-9H2,2H3/t10-/m0/s1. The van der Waals surface area contributed by atoms with Gasteiger partial charge < -0.3 is 4.42 Å². The molecule has 1 atom stereocenters. The minimum Gasteiger partial charge on any atom is -0.469 e. The summed E-state index contributed by atoms with van der Waals surface area (Å²) in [6.45, 7) is 0.609. The number of hydrogen-bond acceptors (Lipinski definition) is 2. The predicted octanol–water partition coefficient (Wildman–Crippen LogP) is 1.99. The van der Waals surface area contributed by atoms with Crippen LogP contribution in [0.15, 0.2) is 22.8 Å². The molecule has 1 aromatic rings. The molecule has 0 spiro atoms. The van der Waals surface area contributed by atoms with Crippen molar-refractivity contribution in [2.75, 3.05) is 19.5 Å². The fourth-order valence-electron chi connectivity index (χ4n) is 1.26. The summed E-state index contributed by atoms with van der Waals surface area (Å²) >= 11 is 5.86. The van der Waals surface area contributed by atoms with E-state index in [1.54, 1.807) is 6.26 Å². The molecule has 2 nitrogen and oxygen atoms in total. The largest absolute Gasteiger partial charge is 0.469 e. The van der Waals surface area contributed by atoms with Crippen LogP contribution in [0.5, 0.6) is 0 Å². The molecular weight excluding hydrogens is 198 g/mol. The molecule has 14 heavy (non-hydrogen) atoms. The van der Waals surface area contributed by atoms with E-state index < -0.39 is 0 Å². The van der Waals surface area contributed by atoms with Crippen LogP contribution in [0.2, 0.25) is 0 Å². The molecule has 0 fully saturated rings. The Labute approximate surface area is 89.8 Å². The third-order valence-electron chi connectivity index (χ3n) is 2.16. The quantitative estimate of drug-likeness (QED) is 0.547. The number of rotatable bonds is 5. The molecule has 0 aliphatic rings. The molecule has 0 aliphatic heterocycles. The third kappa shape index (κ3) is 3.10. The number of halogens is 1. The Morgan fingerprint density at radius 2 is 2.50 bits per heavy atom. The lowest BCUT2D eigenvalue weighted by Crippen LogP contribution is -2.35. The summed E-state index contributed by atoms with van der Waals surface area (Å²) in [7, 11) is 1.97. The van der Waals surface area contributed by atoms with Crippen LogP contribution < -0.4 is 0 Å². The first-order chi connectivity index (χ1) is 6.77. The Morgan fingerprint density at radius 1 is 1.71 bits per heavy atom. The van der Waals surface area contributed by atoms with Gasteiger partial charge in [0.05, 0.1) is 12.8 Å². The van der Waals surface area contributed by atoms with Gasteiger partial charge in [0.2, 0.25) is 0 Å². The molecule has 0 aliphatic carbocycles. The van der Waals surface area contributed by atoms with E-state index >= 15 is 0 Å². The molecule has 3 heteroatoms. The van der Waals surface area contributed by atoms with E-state index in [2.05, 4.69) is 10.8 Å². The Bertz CT molecular complexity index is 289. The first-order valence-electron chi connectivity index (χ1n) is 4.50. The minimum atomic E-state index is 0.235. The van der Waals surface area contributed by atoms with E-state index in [0.29, 0.717) is 12.4 Å². The Kier molecular flexibility index (Phi) is 4.58. The number of alkyl halides is 1. The van der Waals surface area contributed by atoms with Gasteiger partial charge in [0.25, 0.3) is 0 Å². The lowest BCUT2D eigenvalue weighted by Gasteiger charge is -2.23. The first-order valence-corrected chi connectivity index (χ1v) is 5.03. The Hall–Kier alpha value is -0.910. The summed E-state index contributed by atoms with van der Waals surface area (Å²) < 4.78 is 5.26. The van der Waals surface area contributed by atoms with Crippen molar-refractivity contribution in [1.82, 2.24) is 4.90 Å². The topological polar surface area (TPSA) is 16.4 Å².